The first-order valence-electron chi connectivity index (χ1n) is 11.0. The lowest BCUT2D eigenvalue weighted by atomic mass is 9.96. The SMILES string of the molecule is CCn1c(C)cc([C@H]2[C@@H](c3ccccn3)NC(=S)N2c2ccc(OC)c(NS(C)(=O)=O)c2)c1C. The van der Waals surface area contributed by atoms with Crippen LogP contribution in [0.15, 0.2) is 48.7 Å². The highest BCUT2D eigenvalue weighted by atomic mass is 32.2. The first kappa shape index (κ1) is 24.0. The molecule has 10 heteroatoms. The van der Waals surface area contributed by atoms with Crippen molar-refractivity contribution in [2.24, 2.45) is 0 Å². The van der Waals surface area contributed by atoms with Crippen molar-refractivity contribution < 1.29 is 13.2 Å². The van der Waals surface area contributed by atoms with Gasteiger partial charge in [0, 0.05) is 29.8 Å². The molecule has 34 heavy (non-hydrogen) atoms. The first-order valence-corrected chi connectivity index (χ1v) is 13.3. The van der Waals surface area contributed by atoms with Crippen LogP contribution in [0.4, 0.5) is 11.4 Å². The van der Waals surface area contributed by atoms with E-state index in [0.29, 0.717) is 16.5 Å². The molecular weight excluding hydrogens is 470 g/mol. The maximum Gasteiger partial charge on any atom is 0.229 e. The quantitative estimate of drug-likeness (QED) is 0.474. The van der Waals surface area contributed by atoms with Gasteiger partial charge in [-0.05, 0) is 75.0 Å². The number of nitrogens with one attached hydrogen (secondary N) is 2. The minimum absolute atomic E-state index is 0.187. The van der Waals surface area contributed by atoms with Crippen LogP contribution >= 0.6 is 12.2 Å². The third-order valence-corrected chi connectivity index (χ3v) is 7.01. The summed E-state index contributed by atoms with van der Waals surface area (Å²) in [7, 11) is -2.00. The molecule has 2 N–H and O–H groups in total. The van der Waals surface area contributed by atoms with Gasteiger partial charge in [0.1, 0.15) is 5.75 Å². The highest BCUT2D eigenvalue weighted by Crippen LogP contribution is 2.44. The van der Waals surface area contributed by atoms with Crippen molar-refractivity contribution in [1.29, 1.82) is 0 Å². The van der Waals surface area contributed by atoms with E-state index in [1.54, 1.807) is 18.3 Å². The number of rotatable bonds is 7. The molecule has 3 aromatic rings. The van der Waals surface area contributed by atoms with E-state index in [1.165, 1.54) is 12.8 Å². The van der Waals surface area contributed by atoms with Gasteiger partial charge in [0.25, 0.3) is 0 Å². The maximum atomic E-state index is 12.0. The Labute approximate surface area is 206 Å². The predicted octanol–water partition coefficient (Wildman–Crippen LogP) is 4.08. The van der Waals surface area contributed by atoms with Gasteiger partial charge < -0.3 is 19.5 Å². The fraction of sp³-hybridized carbons (Fsp3) is 0.333. The van der Waals surface area contributed by atoms with E-state index in [9.17, 15) is 8.42 Å². The van der Waals surface area contributed by atoms with E-state index in [-0.39, 0.29) is 12.1 Å². The van der Waals surface area contributed by atoms with Crippen LogP contribution in [0.25, 0.3) is 0 Å². The molecule has 1 aliphatic heterocycles. The molecule has 0 aliphatic carbocycles. The molecule has 1 fully saturated rings. The minimum Gasteiger partial charge on any atom is -0.495 e. The average molecular weight is 500 g/mol. The Hall–Kier alpha value is -3.11. The molecule has 0 bridgehead atoms. The van der Waals surface area contributed by atoms with E-state index in [2.05, 4.69) is 46.4 Å². The number of anilines is 2. The largest absolute Gasteiger partial charge is 0.495 e. The molecule has 1 aliphatic rings. The van der Waals surface area contributed by atoms with Crippen LogP contribution in [0.5, 0.6) is 5.75 Å². The van der Waals surface area contributed by atoms with Crippen molar-refractivity contribution in [2.45, 2.75) is 39.4 Å². The van der Waals surface area contributed by atoms with Crippen molar-refractivity contribution in [2.75, 3.05) is 23.0 Å². The molecule has 0 unspecified atom stereocenters. The minimum atomic E-state index is -3.51. The summed E-state index contributed by atoms with van der Waals surface area (Å²) < 4.78 is 34.2. The summed E-state index contributed by atoms with van der Waals surface area (Å²) in [6.45, 7) is 7.21. The zero-order valence-corrected chi connectivity index (χ0v) is 21.5. The van der Waals surface area contributed by atoms with Crippen LogP contribution in [0.2, 0.25) is 0 Å². The number of aryl methyl sites for hydroxylation is 1. The van der Waals surface area contributed by atoms with Gasteiger partial charge in [-0.1, -0.05) is 6.07 Å². The summed E-state index contributed by atoms with van der Waals surface area (Å²) in [4.78, 5) is 6.64. The Morgan fingerprint density at radius 3 is 2.56 bits per heavy atom. The number of hydrogen-bond acceptors (Lipinski definition) is 5. The summed E-state index contributed by atoms with van der Waals surface area (Å²) in [5, 5.41) is 3.99. The molecule has 3 heterocycles. The van der Waals surface area contributed by atoms with E-state index < -0.39 is 10.0 Å². The molecular formula is C24H29N5O3S2. The van der Waals surface area contributed by atoms with Crippen LogP contribution in [-0.4, -0.2) is 36.4 Å². The lowest BCUT2D eigenvalue weighted by Crippen LogP contribution is -2.29. The standard InChI is InChI=1S/C24H29N5O3S2/c1-6-28-15(2)13-18(16(28)3)23-22(19-9-7-8-12-25-19)26-24(33)29(23)17-10-11-21(32-4)20(14-17)27-34(5,30)31/h7-14,22-23,27H,6H2,1-5H3,(H,26,33)/t22-,23+/m1/s1. The number of hydrogen-bond donors (Lipinski definition) is 2. The number of methoxy groups -OCH3 is 1. The predicted molar refractivity (Wildman–Crippen MR) is 139 cm³/mol. The fourth-order valence-corrected chi connectivity index (χ4v) is 5.59. The van der Waals surface area contributed by atoms with Crippen LogP contribution in [0.1, 0.15) is 41.7 Å². The van der Waals surface area contributed by atoms with Crippen molar-refractivity contribution in [1.82, 2.24) is 14.9 Å². The third-order valence-electron chi connectivity index (χ3n) is 6.10. The summed E-state index contributed by atoms with van der Waals surface area (Å²) in [6, 6.07) is 13.0. The normalized spacial score (nSPS) is 18.1. The molecule has 1 aromatic carbocycles. The number of ether oxygens (including phenoxy) is 1. The summed E-state index contributed by atoms with van der Waals surface area (Å²) in [5.74, 6) is 0.425. The molecule has 0 amide bonds. The number of nitrogens with zero attached hydrogens (tertiary/aromatic N) is 3. The molecule has 4 rings (SSSR count). The van der Waals surface area contributed by atoms with Crippen molar-refractivity contribution >= 4 is 38.7 Å². The van der Waals surface area contributed by atoms with Crippen LogP contribution in [0.3, 0.4) is 0 Å². The number of thiocarbonyl (C=S) groups is 1. The van der Waals surface area contributed by atoms with E-state index >= 15 is 0 Å². The number of sulfonamides is 1. The molecule has 0 saturated carbocycles. The van der Waals surface area contributed by atoms with Gasteiger partial charge in [0.15, 0.2) is 5.11 Å². The lowest BCUT2D eigenvalue weighted by Gasteiger charge is -2.29. The number of pyridine rings is 1. The molecule has 2 atom stereocenters. The summed E-state index contributed by atoms with van der Waals surface area (Å²) >= 11 is 5.81. The van der Waals surface area contributed by atoms with E-state index in [0.717, 1.165) is 35.4 Å². The maximum absolute atomic E-state index is 12.0. The second-order valence-corrected chi connectivity index (χ2v) is 10.5. The Bertz CT molecular complexity index is 1320. The number of aromatic nitrogens is 2. The second-order valence-electron chi connectivity index (χ2n) is 8.33. The van der Waals surface area contributed by atoms with Crippen molar-refractivity contribution in [3.63, 3.8) is 0 Å². The summed E-state index contributed by atoms with van der Waals surface area (Å²) in [6.07, 6.45) is 2.89. The van der Waals surface area contributed by atoms with Gasteiger partial charge in [-0.2, -0.15) is 0 Å². The zero-order valence-electron chi connectivity index (χ0n) is 19.9. The first-order chi connectivity index (χ1) is 16.1. The average Bonchev–Trinajstić information content (AvgIpc) is 3.28. The molecule has 8 nitrogen and oxygen atoms in total. The topological polar surface area (TPSA) is 88.5 Å². The van der Waals surface area contributed by atoms with Gasteiger partial charge in [-0.15, -0.1) is 0 Å². The molecule has 1 saturated heterocycles. The second kappa shape index (κ2) is 9.27. The Kier molecular flexibility index (Phi) is 6.55. The molecule has 180 valence electrons. The van der Waals surface area contributed by atoms with Gasteiger partial charge in [-0.3, -0.25) is 9.71 Å². The van der Waals surface area contributed by atoms with Gasteiger partial charge in [-0.25, -0.2) is 8.42 Å². The fourth-order valence-electron chi connectivity index (χ4n) is 4.69. The monoisotopic (exact) mass is 499 g/mol. The third kappa shape index (κ3) is 4.47. The number of benzene rings is 1. The summed E-state index contributed by atoms with van der Waals surface area (Å²) in [5.41, 5.74) is 5.43. The Morgan fingerprint density at radius 2 is 1.97 bits per heavy atom. The van der Waals surface area contributed by atoms with E-state index in [4.69, 9.17) is 17.0 Å². The zero-order chi connectivity index (χ0) is 24.6. The van der Waals surface area contributed by atoms with Crippen LogP contribution in [0, 0.1) is 13.8 Å². The van der Waals surface area contributed by atoms with Crippen molar-refractivity contribution in [3.8, 4) is 5.75 Å². The smallest absolute Gasteiger partial charge is 0.229 e. The Balaban J connectivity index is 1.89. The van der Waals surface area contributed by atoms with Crippen LogP contribution < -0.4 is 19.7 Å². The van der Waals surface area contributed by atoms with Gasteiger partial charge >= 0.3 is 0 Å². The highest BCUT2D eigenvalue weighted by molar-refractivity contribution is 7.92. The molecule has 0 spiro atoms. The molecule has 0 radical (unpaired) electrons. The molecule has 2 aromatic heterocycles. The van der Waals surface area contributed by atoms with Crippen LogP contribution in [-0.2, 0) is 16.6 Å². The van der Waals surface area contributed by atoms with Gasteiger partial charge in [0.2, 0.25) is 10.0 Å². The van der Waals surface area contributed by atoms with E-state index in [1.807, 2.05) is 29.2 Å². The van der Waals surface area contributed by atoms with Gasteiger partial charge in [0.05, 0.1) is 36.8 Å². The Morgan fingerprint density at radius 1 is 1.21 bits per heavy atom. The van der Waals surface area contributed by atoms with Crippen molar-refractivity contribution in [3.05, 3.63) is 71.3 Å². The highest BCUT2D eigenvalue weighted by Gasteiger charge is 2.42. The lowest BCUT2D eigenvalue weighted by molar-refractivity contribution is 0.417.